The minimum Gasteiger partial charge on any atom is -0.457 e. The van der Waals surface area contributed by atoms with E-state index in [1.807, 2.05) is 0 Å². The van der Waals surface area contributed by atoms with Crippen molar-refractivity contribution >= 4 is 16.4 Å². The Hall–Kier alpha value is -0.900. The summed E-state index contributed by atoms with van der Waals surface area (Å²) in [6, 6.07) is 0. The molecule has 0 aromatic carbocycles. The molecule has 1 aliphatic heterocycles. The van der Waals surface area contributed by atoms with E-state index in [0.717, 1.165) is 38.5 Å². The van der Waals surface area contributed by atoms with E-state index in [0.29, 0.717) is 13.0 Å². The summed E-state index contributed by atoms with van der Waals surface area (Å²) < 4.78 is 58.3. The molecule has 0 radical (unpaired) electrons. The van der Waals surface area contributed by atoms with Crippen LogP contribution in [0.15, 0.2) is 0 Å². The molecule has 0 amide bonds. The van der Waals surface area contributed by atoms with Crippen LogP contribution in [-0.4, -0.2) is 97.5 Å². The third-order valence-corrected chi connectivity index (χ3v) is 8.19. The van der Waals surface area contributed by atoms with Crippen LogP contribution >= 0.6 is 0 Å². The van der Waals surface area contributed by atoms with Gasteiger partial charge in [0.2, 0.25) is 0 Å². The fourth-order valence-corrected chi connectivity index (χ4v) is 5.65. The number of rotatable bonds is 28. The molecule has 1 rings (SSSR count). The number of hydrogen-bond donors (Lipinski definition) is 4. The van der Waals surface area contributed by atoms with Crippen molar-refractivity contribution in [3.63, 3.8) is 0 Å². The zero-order valence-corrected chi connectivity index (χ0v) is 27.8. The predicted molar refractivity (Wildman–Crippen MR) is 165 cm³/mol. The first-order valence-corrected chi connectivity index (χ1v) is 18.2. The van der Waals surface area contributed by atoms with Gasteiger partial charge in [0.25, 0.3) is 0 Å². The summed E-state index contributed by atoms with van der Waals surface area (Å²) in [7, 11) is -5.04. The molecule has 0 bridgehead atoms. The summed E-state index contributed by atoms with van der Waals surface area (Å²) in [5.74, 6) is -0.404. The molecule has 12 nitrogen and oxygen atoms in total. The molecule has 262 valence electrons. The molecule has 4 N–H and O–H groups in total. The van der Waals surface area contributed by atoms with Gasteiger partial charge in [-0.1, -0.05) is 110 Å². The minimum absolute atomic E-state index is 0.0411. The van der Waals surface area contributed by atoms with Gasteiger partial charge in [0.05, 0.1) is 19.8 Å². The highest BCUT2D eigenvalue weighted by Gasteiger charge is 2.48. The van der Waals surface area contributed by atoms with Crippen molar-refractivity contribution in [1.82, 2.24) is 0 Å². The smallest absolute Gasteiger partial charge is 0.397 e. The van der Waals surface area contributed by atoms with Crippen molar-refractivity contribution in [3.05, 3.63) is 0 Å². The van der Waals surface area contributed by atoms with Crippen molar-refractivity contribution in [2.24, 2.45) is 0 Å². The standard InChI is InChI=1S/C31H60O12S/c1-3-5-7-9-11-12-13-14-16-18-20-27(33)41-25(23-39-21-19-17-15-10-8-6-4-2)24-40-31-29(35)30(43-44(36,37)38)28(34)26(22-32)42-31/h25-26,28-32,34-35H,3-24H2,1-2H3,(H,36,37,38). The van der Waals surface area contributed by atoms with E-state index < -0.39 is 59.8 Å². The second-order valence-corrected chi connectivity index (χ2v) is 12.8. The van der Waals surface area contributed by atoms with Crippen LogP contribution in [-0.2, 0) is 38.3 Å². The third-order valence-electron chi connectivity index (χ3n) is 7.73. The maximum Gasteiger partial charge on any atom is 0.397 e. The van der Waals surface area contributed by atoms with Gasteiger partial charge in [0, 0.05) is 13.0 Å². The Balaban J connectivity index is 2.58. The summed E-state index contributed by atoms with van der Waals surface area (Å²) in [4.78, 5) is 12.6. The van der Waals surface area contributed by atoms with Crippen LogP contribution in [0.5, 0.6) is 0 Å². The van der Waals surface area contributed by atoms with E-state index in [9.17, 15) is 28.5 Å². The number of carbonyl (C=O) groups excluding carboxylic acids is 1. The average molecular weight is 657 g/mol. The Kier molecular flexibility index (Phi) is 23.6. The molecule has 6 atom stereocenters. The number of unbranched alkanes of at least 4 members (excludes halogenated alkanes) is 15. The Morgan fingerprint density at radius 1 is 0.773 bits per heavy atom. The molecule has 0 aromatic rings. The lowest BCUT2D eigenvalue weighted by Gasteiger charge is -2.41. The maximum atomic E-state index is 12.6. The second-order valence-electron chi connectivity index (χ2n) is 11.8. The fourth-order valence-electron chi connectivity index (χ4n) is 5.14. The summed E-state index contributed by atoms with van der Waals surface area (Å²) in [5.41, 5.74) is 0. The predicted octanol–water partition coefficient (Wildman–Crippen LogP) is 4.62. The Bertz CT molecular complexity index is 811. The summed E-state index contributed by atoms with van der Waals surface area (Å²) in [6.45, 7) is 3.90. The molecule has 6 unspecified atom stereocenters. The SMILES string of the molecule is CCCCCCCCCCCCC(=O)OC(COCCCCCCCCC)COC1OC(CO)C(O)C(OS(=O)(=O)O)C1O. The summed E-state index contributed by atoms with van der Waals surface area (Å²) in [6.07, 6.45) is 10.3. The first kappa shape index (κ1) is 41.1. The highest BCUT2D eigenvalue weighted by Crippen LogP contribution is 2.26. The zero-order valence-electron chi connectivity index (χ0n) is 27.0. The van der Waals surface area contributed by atoms with Gasteiger partial charge in [-0.05, 0) is 12.8 Å². The van der Waals surface area contributed by atoms with Gasteiger partial charge >= 0.3 is 16.4 Å². The first-order chi connectivity index (χ1) is 21.1. The highest BCUT2D eigenvalue weighted by molar-refractivity contribution is 7.80. The van der Waals surface area contributed by atoms with Crippen LogP contribution in [0.2, 0.25) is 0 Å². The molecular weight excluding hydrogens is 596 g/mol. The first-order valence-electron chi connectivity index (χ1n) is 16.8. The normalized spacial score (nSPS) is 23.1. The molecule has 1 fully saturated rings. The molecule has 1 aliphatic rings. The fraction of sp³-hybridized carbons (Fsp3) is 0.968. The van der Waals surface area contributed by atoms with Crippen LogP contribution < -0.4 is 0 Å². The lowest BCUT2D eigenvalue weighted by Crippen LogP contribution is -2.60. The highest BCUT2D eigenvalue weighted by atomic mass is 32.3. The van der Waals surface area contributed by atoms with Crippen molar-refractivity contribution in [2.75, 3.05) is 26.4 Å². The van der Waals surface area contributed by atoms with Gasteiger partial charge in [0.15, 0.2) is 6.29 Å². The van der Waals surface area contributed by atoms with E-state index >= 15 is 0 Å². The molecule has 44 heavy (non-hydrogen) atoms. The quantitative estimate of drug-likeness (QED) is 0.0523. The molecular formula is C31H60O12S. The third kappa shape index (κ3) is 19.6. The summed E-state index contributed by atoms with van der Waals surface area (Å²) >= 11 is 0. The molecule has 1 saturated heterocycles. The van der Waals surface area contributed by atoms with E-state index in [1.54, 1.807) is 0 Å². The Morgan fingerprint density at radius 2 is 1.30 bits per heavy atom. The van der Waals surface area contributed by atoms with Gasteiger partial charge in [-0.15, -0.1) is 0 Å². The Labute approximate surface area is 265 Å². The molecule has 0 saturated carbocycles. The lowest BCUT2D eigenvalue weighted by molar-refractivity contribution is -0.301. The largest absolute Gasteiger partial charge is 0.457 e. The molecule has 0 aromatic heterocycles. The van der Waals surface area contributed by atoms with Crippen molar-refractivity contribution in [3.8, 4) is 0 Å². The number of esters is 1. The number of carbonyl (C=O) groups is 1. The van der Waals surface area contributed by atoms with E-state index in [4.69, 9.17) is 23.5 Å². The number of hydrogen-bond acceptors (Lipinski definition) is 11. The van der Waals surface area contributed by atoms with Crippen molar-refractivity contribution in [2.45, 2.75) is 166 Å². The van der Waals surface area contributed by atoms with Crippen LogP contribution in [0.1, 0.15) is 129 Å². The second kappa shape index (κ2) is 25.2. The van der Waals surface area contributed by atoms with Crippen LogP contribution in [0.4, 0.5) is 0 Å². The average Bonchev–Trinajstić information content (AvgIpc) is 2.98. The van der Waals surface area contributed by atoms with Crippen LogP contribution in [0, 0.1) is 0 Å². The van der Waals surface area contributed by atoms with Crippen molar-refractivity contribution in [1.29, 1.82) is 0 Å². The van der Waals surface area contributed by atoms with Crippen LogP contribution in [0.3, 0.4) is 0 Å². The van der Waals surface area contributed by atoms with Gasteiger partial charge in [0.1, 0.15) is 30.5 Å². The Morgan fingerprint density at radius 3 is 1.82 bits per heavy atom. The number of ether oxygens (including phenoxy) is 4. The van der Waals surface area contributed by atoms with E-state index in [1.165, 1.54) is 64.2 Å². The number of aliphatic hydroxyl groups is 3. The van der Waals surface area contributed by atoms with Crippen molar-refractivity contribution < 1.29 is 56.2 Å². The molecule has 1 heterocycles. The monoisotopic (exact) mass is 656 g/mol. The lowest BCUT2D eigenvalue weighted by atomic mass is 9.99. The van der Waals surface area contributed by atoms with Gasteiger partial charge in [-0.3, -0.25) is 9.35 Å². The minimum atomic E-state index is -5.04. The van der Waals surface area contributed by atoms with Gasteiger partial charge in [-0.25, -0.2) is 4.18 Å². The number of aliphatic hydroxyl groups excluding tert-OH is 3. The van der Waals surface area contributed by atoms with Gasteiger partial charge < -0.3 is 34.3 Å². The maximum absolute atomic E-state index is 12.6. The zero-order chi connectivity index (χ0) is 32.6. The van der Waals surface area contributed by atoms with E-state index in [-0.39, 0.29) is 19.6 Å². The topological polar surface area (TPSA) is 178 Å². The molecule has 0 spiro atoms. The van der Waals surface area contributed by atoms with Crippen LogP contribution in [0.25, 0.3) is 0 Å². The van der Waals surface area contributed by atoms with Gasteiger partial charge in [-0.2, -0.15) is 8.42 Å². The summed E-state index contributed by atoms with van der Waals surface area (Å²) in [5, 5.41) is 30.3. The molecule has 0 aliphatic carbocycles. The molecule has 13 heteroatoms. The van der Waals surface area contributed by atoms with E-state index in [2.05, 4.69) is 18.0 Å².